The summed E-state index contributed by atoms with van der Waals surface area (Å²) >= 11 is 0. The van der Waals surface area contributed by atoms with Gasteiger partial charge in [-0.15, -0.1) is 0 Å². The molecule has 10 aromatic rings. The van der Waals surface area contributed by atoms with Crippen LogP contribution in [0.3, 0.4) is 0 Å². The number of imidazole rings is 2. The van der Waals surface area contributed by atoms with Crippen LogP contribution in [-0.4, -0.2) is 34.1 Å². The zero-order chi connectivity index (χ0) is 39.3. The maximum Gasteiger partial charge on any atom is 0.164 e. The average molecular weight is 766 g/mol. The van der Waals surface area contributed by atoms with Gasteiger partial charge < -0.3 is 0 Å². The van der Waals surface area contributed by atoms with Gasteiger partial charge in [0.2, 0.25) is 0 Å². The van der Waals surface area contributed by atoms with Crippen molar-refractivity contribution in [1.29, 1.82) is 0 Å². The highest BCUT2D eigenvalue weighted by Gasteiger charge is 2.22. The lowest BCUT2D eigenvalue weighted by Crippen LogP contribution is -2.03. The van der Waals surface area contributed by atoms with Gasteiger partial charge in [0.15, 0.2) is 17.5 Å². The molecule has 7 aromatic carbocycles. The highest BCUT2D eigenvalue weighted by molar-refractivity contribution is 5.88. The van der Waals surface area contributed by atoms with Gasteiger partial charge >= 0.3 is 0 Å². The summed E-state index contributed by atoms with van der Waals surface area (Å²) in [4.78, 5) is 24.7. The fourth-order valence-corrected chi connectivity index (χ4v) is 7.17. The Bertz CT molecular complexity index is 2970. The molecule has 0 aliphatic heterocycles. The Labute approximate surface area is 328 Å². The number of rotatable bonds is 7. The van der Waals surface area contributed by atoms with Crippen molar-refractivity contribution < 1.29 is 17.6 Å². The van der Waals surface area contributed by atoms with Crippen molar-refractivity contribution in [3.8, 4) is 68.3 Å². The van der Waals surface area contributed by atoms with Crippen LogP contribution in [0.4, 0.5) is 17.6 Å². The van der Waals surface area contributed by atoms with E-state index in [0.717, 1.165) is 11.0 Å². The van der Waals surface area contributed by atoms with Crippen molar-refractivity contribution in [3.63, 3.8) is 0 Å². The molecule has 3 aromatic heterocycles. The van der Waals surface area contributed by atoms with E-state index in [4.69, 9.17) is 24.9 Å². The van der Waals surface area contributed by atoms with Gasteiger partial charge in [-0.3, -0.25) is 9.13 Å². The zero-order valence-electron chi connectivity index (χ0n) is 30.2. The van der Waals surface area contributed by atoms with Crippen molar-refractivity contribution in [2.24, 2.45) is 0 Å². The van der Waals surface area contributed by atoms with Crippen LogP contribution < -0.4 is 0 Å². The second-order valence-electron chi connectivity index (χ2n) is 13.6. The summed E-state index contributed by atoms with van der Waals surface area (Å²) in [6.45, 7) is 0. The van der Waals surface area contributed by atoms with Crippen molar-refractivity contribution in [2.45, 2.75) is 0 Å². The van der Waals surface area contributed by atoms with E-state index in [1.54, 1.807) is 36.4 Å². The molecule has 0 radical (unpaired) electrons. The topological polar surface area (TPSA) is 74.3 Å². The number of aromatic nitrogens is 7. The molecule has 0 saturated carbocycles. The molecule has 0 unspecified atom stereocenters. The summed E-state index contributed by atoms with van der Waals surface area (Å²) in [5.74, 6) is 0.0968. The minimum absolute atomic E-state index is 0.249. The number of benzene rings is 7. The van der Waals surface area contributed by atoms with Gasteiger partial charge in [-0.25, -0.2) is 42.5 Å². The molecule has 278 valence electrons. The summed E-state index contributed by atoms with van der Waals surface area (Å²) < 4.78 is 61.7. The maximum atomic E-state index is 14.9. The Kier molecular flexibility index (Phi) is 8.40. The van der Waals surface area contributed by atoms with Crippen LogP contribution in [0, 0.1) is 23.3 Å². The lowest BCUT2D eigenvalue weighted by molar-refractivity contribution is 0.626. The van der Waals surface area contributed by atoms with Gasteiger partial charge in [-0.1, -0.05) is 36.4 Å². The zero-order valence-corrected chi connectivity index (χ0v) is 30.2. The van der Waals surface area contributed by atoms with E-state index in [2.05, 4.69) is 0 Å². The SMILES string of the molecule is Fc1ccc(-c2nc(-c3ccc(F)cc3)nc(-c3cc(-c4nc5ccccc5n4-c4cccc(F)c4)cc(-c4nc5ccccc5n4-c4cccc(F)c4)c3)n2)cc1. The Balaban J connectivity index is 1.28. The quantitative estimate of drug-likeness (QED) is 0.151. The van der Waals surface area contributed by atoms with Gasteiger partial charge in [0, 0.05) is 27.8 Å². The number of hydrogen-bond acceptors (Lipinski definition) is 5. The van der Waals surface area contributed by atoms with Crippen LogP contribution in [0.2, 0.25) is 0 Å². The molecular formula is C47H27F4N7. The van der Waals surface area contributed by atoms with Gasteiger partial charge in [0.05, 0.1) is 33.4 Å². The minimum Gasteiger partial charge on any atom is -0.292 e. The number of hydrogen-bond donors (Lipinski definition) is 0. The second-order valence-corrected chi connectivity index (χ2v) is 13.6. The first-order valence-corrected chi connectivity index (χ1v) is 18.3. The summed E-state index contributed by atoms with van der Waals surface area (Å²) in [5.41, 5.74) is 6.78. The molecule has 0 amide bonds. The molecule has 0 aliphatic carbocycles. The number of halogens is 4. The molecule has 3 heterocycles. The number of nitrogens with zero attached hydrogens (tertiary/aromatic N) is 7. The van der Waals surface area contributed by atoms with Crippen LogP contribution in [-0.2, 0) is 0 Å². The molecular weight excluding hydrogens is 739 g/mol. The third kappa shape index (κ3) is 6.34. The molecule has 0 spiro atoms. The monoisotopic (exact) mass is 765 g/mol. The highest BCUT2D eigenvalue weighted by Crippen LogP contribution is 2.37. The van der Waals surface area contributed by atoms with E-state index in [1.165, 1.54) is 48.5 Å². The number of fused-ring (bicyclic) bond motifs is 2. The summed E-state index contributed by atoms with van der Waals surface area (Å²) in [7, 11) is 0. The Hall–Kier alpha value is -7.79. The van der Waals surface area contributed by atoms with Gasteiger partial charge in [-0.2, -0.15) is 0 Å². The summed E-state index contributed by atoms with van der Waals surface area (Å²) in [6.07, 6.45) is 0. The minimum atomic E-state index is -0.420. The Morgan fingerprint density at radius 2 is 0.707 bits per heavy atom. The van der Waals surface area contributed by atoms with Crippen molar-refractivity contribution >= 4 is 22.1 Å². The fraction of sp³-hybridized carbons (Fsp3) is 0. The predicted molar refractivity (Wildman–Crippen MR) is 216 cm³/mol. The second kappa shape index (κ2) is 14.1. The standard InChI is InChI=1S/C47H27F4N7/c48-33-19-15-28(16-20-33)43-54-44(29-17-21-34(49)22-18-29)56-45(55-43)30-23-31(46-52-39-11-1-3-13-41(39)57(46)37-9-5-7-35(50)26-37)25-32(24-30)47-53-40-12-2-4-14-42(40)58(47)38-10-6-8-36(51)27-38/h1-27H. The first-order valence-electron chi connectivity index (χ1n) is 18.3. The maximum absolute atomic E-state index is 14.9. The van der Waals surface area contributed by atoms with E-state index in [-0.39, 0.29) is 17.5 Å². The van der Waals surface area contributed by atoms with E-state index in [1.807, 2.05) is 88.0 Å². The third-order valence-electron chi connectivity index (χ3n) is 9.80. The molecule has 11 heteroatoms. The van der Waals surface area contributed by atoms with E-state index < -0.39 is 23.3 Å². The summed E-state index contributed by atoms with van der Waals surface area (Å²) in [5, 5.41) is 0. The van der Waals surface area contributed by atoms with Gasteiger partial charge in [-0.05, 0) is 127 Å². The molecule has 0 fully saturated rings. The van der Waals surface area contributed by atoms with Crippen molar-refractivity contribution in [2.75, 3.05) is 0 Å². The molecule has 0 N–H and O–H groups in total. The van der Waals surface area contributed by atoms with Gasteiger partial charge in [0.1, 0.15) is 34.9 Å². The largest absolute Gasteiger partial charge is 0.292 e. The molecule has 0 saturated heterocycles. The Morgan fingerprint density at radius 1 is 0.310 bits per heavy atom. The summed E-state index contributed by atoms with van der Waals surface area (Å²) in [6, 6.07) is 45.0. The van der Waals surface area contributed by atoms with E-state index in [0.29, 0.717) is 61.9 Å². The lowest BCUT2D eigenvalue weighted by Gasteiger charge is -2.15. The third-order valence-corrected chi connectivity index (χ3v) is 9.80. The molecule has 7 nitrogen and oxygen atoms in total. The van der Waals surface area contributed by atoms with Crippen LogP contribution >= 0.6 is 0 Å². The fourth-order valence-electron chi connectivity index (χ4n) is 7.17. The molecule has 0 aliphatic rings. The molecule has 58 heavy (non-hydrogen) atoms. The first kappa shape index (κ1) is 34.7. The molecule has 0 bridgehead atoms. The first-order chi connectivity index (χ1) is 28.3. The van der Waals surface area contributed by atoms with E-state index >= 15 is 0 Å². The Morgan fingerprint density at radius 3 is 1.14 bits per heavy atom. The van der Waals surface area contributed by atoms with Gasteiger partial charge in [0.25, 0.3) is 0 Å². The van der Waals surface area contributed by atoms with Crippen LogP contribution in [0.25, 0.3) is 90.4 Å². The predicted octanol–water partition coefficient (Wildman–Crippen LogP) is 11.4. The van der Waals surface area contributed by atoms with Crippen LogP contribution in [0.15, 0.2) is 164 Å². The lowest BCUT2D eigenvalue weighted by atomic mass is 10.0. The smallest absolute Gasteiger partial charge is 0.164 e. The van der Waals surface area contributed by atoms with Crippen LogP contribution in [0.5, 0.6) is 0 Å². The molecule has 0 atom stereocenters. The number of para-hydroxylation sites is 4. The normalized spacial score (nSPS) is 11.4. The van der Waals surface area contributed by atoms with Crippen LogP contribution in [0.1, 0.15) is 0 Å². The van der Waals surface area contributed by atoms with E-state index in [9.17, 15) is 17.6 Å². The molecule has 10 rings (SSSR count). The average Bonchev–Trinajstić information content (AvgIpc) is 3.84. The highest BCUT2D eigenvalue weighted by atomic mass is 19.1. The van der Waals surface area contributed by atoms with Crippen molar-refractivity contribution in [3.05, 3.63) is 187 Å². The van der Waals surface area contributed by atoms with Crippen molar-refractivity contribution in [1.82, 2.24) is 34.1 Å².